The first-order chi connectivity index (χ1) is 15.3. The summed E-state index contributed by atoms with van der Waals surface area (Å²) in [5.74, 6) is 0.0138. The zero-order valence-corrected chi connectivity index (χ0v) is 17.5. The van der Waals surface area contributed by atoms with Crippen molar-refractivity contribution in [2.24, 2.45) is 14.1 Å². The number of rotatable bonds is 5. The highest BCUT2D eigenvalue weighted by atomic mass is 19.1. The lowest BCUT2D eigenvalue weighted by Crippen LogP contribution is -2.39. The molecule has 8 heteroatoms. The van der Waals surface area contributed by atoms with Crippen molar-refractivity contribution in [2.45, 2.75) is 6.42 Å². The second kappa shape index (κ2) is 8.50. The number of carbonyl (C=O) groups excluding carboxylic acids is 1. The van der Waals surface area contributed by atoms with E-state index in [0.29, 0.717) is 33.8 Å². The Kier molecular flexibility index (Phi) is 5.59. The number of carbonyl (C=O) groups is 1. The molecule has 0 aliphatic heterocycles. The number of aryl methyl sites for hydroxylation is 2. The minimum Gasteiger partial charge on any atom is -0.455 e. The molecule has 0 atom stereocenters. The van der Waals surface area contributed by atoms with Crippen molar-refractivity contribution >= 4 is 22.6 Å². The topological polar surface area (TPSA) is 82.3 Å². The van der Waals surface area contributed by atoms with Crippen molar-refractivity contribution in [1.82, 2.24) is 9.13 Å². The van der Waals surface area contributed by atoms with Crippen LogP contribution in [0.25, 0.3) is 11.0 Å². The van der Waals surface area contributed by atoms with Crippen LogP contribution in [0.15, 0.2) is 76.3 Å². The van der Waals surface area contributed by atoms with E-state index in [4.69, 9.17) is 4.74 Å². The maximum atomic E-state index is 13.5. The van der Waals surface area contributed by atoms with E-state index in [2.05, 4.69) is 5.32 Å². The number of amides is 1. The minimum atomic E-state index is -0.686. The molecule has 0 aliphatic carbocycles. The van der Waals surface area contributed by atoms with E-state index in [1.165, 1.54) is 41.4 Å². The fraction of sp³-hybridized carbons (Fsp3) is 0.125. The van der Waals surface area contributed by atoms with E-state index in [-0.39, 0.29) is 12.3 Å². The number of hydrogen-bond donors (Lipinski definition) is 1. The van der Waals surface area contributed by atoms with Gasteiger partial charge in [-0.05, 0) is 35.9 Å². The van der Waals surface area contributed by atoms with Crippen LogP contribution in [0.1, 0.15) is 5.56 Å². The number of ether oxygens (including phenoxy) is 1. The third kappa shape index (κ3) is 4.15. The van der Waals surface area contributed by atoms with E-state index < -0.39 is 16.9 Å². The predicted molar refractivity (Wildman–Crippen MR) is 120 cm³/mol. The number of para-hydroxylation sites is 1. The van der Waals surface area contributed by atoms with Gasteiger partial charge in [0.25, 0.3) is 0 Å². The first kappa shape index (κ1) is 21.0. The van der Waals surface area contributed by atoms with Gasteiger partial charge in [0.2, 0.25) is 5.91 Å². The normalized spacial score (nSPS) is 10.8. The molecule has 1 heterocycles. The fourth-order valence-corrected chi connectivity index (χ4v) is 3.43. The fourth-order valence-electron chi connectivity index (χ4n) is 3.43. The van der Waals surface area contributed by atoms with E-state index in [9.17, 15) is 18.8 Å². The molecule has 0 fully saturated rings. The molecule has 7 nitrogen and oxygen atoms in total. The van der Waals surface area contributed by atoms with Crippen LogP contribution in [0, 0.1) is 5.82 Å². The standard InChI is InChI=1S/C24H20FN3O4/c1-27-19-13-18(26-22(29)12-15-7-6-8-16(25)11-15)21(32-17-9-4-3-5-10-17)14-20(19)28(2)24(31)23(27)30/h3-11,13-14H,12H2,1-2H3,(H,26,29). The van der Waals surface area contributed by atoms with Gasteiger partial charge >= 0.3 is 11.1 Å². The molecule has 0 bridgehead atoms. The summed E-state index contributed by atoms with van der Waals surface area (Å²) in [6.45, 7) is 0. The Morgan fingerprint density at radius 3 is 2.22 bits per heavy atom. The zero-order valence-electron chi connectivity index (χ0n) is 17.5. The van der Waals surface area contributed by atoms with Gasteiger partial charge in [-0.1, -0.05) is 30.3 Å². The molecule has 1 aromatic heterocycles. The van der Waals surface area contributed by atoms with E-state index in [0.717, 1.165) is 0 Å². The summed E-state index contributed by atoms with van der Waals surface area (Å²) in [4.78, 5) is 37.2. The Balaban J connectivity index is 1.79. The molecule has 3 aromatic carbocycles. The summed E-state index contributed by atoms with van der Waals surface area (Å²) >= 11 is 0. The van der Waals surface area contributed by atoms with Crippen LogP contribution in [0.5, 0.6) is 11.5 Å². The number of benzene rings is 3. The largest absolute Gasteiger partial charge is 0.455 e. The van der Waals surface area contributed by atoms with Gasteiger partial charge < -0.3 is 19.2 Å². The second-order valence-electron chi connectivity index (χ2n) is 7.34. The Bertz CT molecular complexity index is 1440. The van der Waals surface area contributed by atoms with Gasteiger partial charge in [-0.2, -0.15) is 0 Å². The van der Waals surface area contributed by atoms with Crippen LogP contribution in [-0.4, -0.2) is 15.0 Å². The lowest BCUT2D eigenvalue weighted by Gasteiger charge is -2.16. The molecule has 4 aromatic rings. The Labute approximate surface area is 182 Å². The molecular formula is C24H20FN3O4. The van der Waals surface area contributed by atoms with Crippen LogP contribution in [0.3, 0.4) is 0 Å². The van der Waals surface area contributed by atoms with Gasteiger partial charge in [-0.3, -0.25) is 14.4 Å². The van der Waals surface area contributed by atoms with Crippen LogP contribution >= 0.6 is 0 Å². The summed E-state index contributed by atoms with van der Waals surface area (Å²) in [5.41, 5.74) is 0.382. The molecule has 0 unspecified atom stereocenters. The minimum absolute atomic E-state index is 0.0488. The average molecular weight is 433 g/mol. The van der Waals surface area contributed by atoms with Gasteiger partial charge in [0.15, 0.2) is 5.75 Å². The van der Waals surface area contributed by atoms with Crippen LogP contribution < -0.4 is 21.2 Å². The molecule has 32 heavy (non-hydrogen) atoms. The quantitative estimate of drug-likeness (QED) is 0.490. The van der Waals surface area contributed by atoms with Crippen molar-refractivity contribution < 1.29 is 13.9 Å². The first-order valence-electron chi connectivity index (χ1n) is 9.84. The number of anilines is 1. The Morgan fingerprint density at radius 2 is 1.56 bits per heavy atom. The summed E-state index contributed by atoms with van der Waals surface area (Å²) in [6, 6.07) is 17.9. The van der Waals surface area contributed by atoms with E-state index in [1.54, 1.807) is 42.5 Å². The van der Waals surface area contributed by atoms with Crippen molar-refractivity contribution in [3.8, 4) is 11.5 Å². The number of nitrogens with one attached hydrogen (secondary N) is 1. The third-order valence-corrected chi connectivity index (χ3v) is 5.09. The monoisotopic (exact) mass is 433 g/mol. The lowest BCUT2D eigenvalue weighted by molar-refractivity contribution is -0.115. The number of halogens is 1. The number of fused-ring (bicyclic) bond motifs is 1. The number of aromatic nitrogens is 2. The summed E-state index contributed by atoms with van der Waals surface area (Å²) in [5, 5.41) is 2.78. The molecule has 0 aliphatic rings. The molecule has 0 saturated carbocycles. The van der Waals surface area contributed by atoms with Gasteiger partial charge in [-0.25, -0.2) is 4.39 Å². The molecule has 1 amide bonds. The number of hydrogen-bond acceptors (Lipinski definition) is 4. The first-order valence-corrected chi connectivity index (χ1v) is 9.84. The summed E-state index contributed by atoms with van der Waals surface area (Å²) in [6.07, 6.45) is -0.0488. The van der Waals surface area contributed by atoms with Crippen LogP contribution in [-0.2, 0) is 25.3 Å². The van der Waals surface area contributed by atoms with Gasteiger partial charge in [0.1, 0.15) is 11.6 Å². The smallest absolute Gasteiger partial charge is 0.316 e. The summed E-state index contributed by atoms with van der Waals surface area (Å²) in [7, 11) is 2.99. The number of nitrogens with zero attached hydrogens (tertiary/aromatic N) is 2. The Morgan fingerprint density at radius 1 is 0.906 bits per heavy atom. The maximum absolute atomic E-state index is 13.5. The summed E-state index contributed by atoms with van der Waals surface area (Å²) < 4.78 is 21.9. The van der Waals surface area contributed by atoms with Crippen LogP contribution in [0.4, 0.5) is 10.1 Å². The van der Waals surface area contributed by atoms with Crippen molar-refractivity contribution in [1.29, 1.82) is 0 Å². The van der Waals surface area contributed by atoms with Gasteiger partial charge in [0, 0.05) is 20.2 Å². The van der Waals surface area contributed by atoms with Crippen molar-refractivity contribution in [2.75, 3.05) is 5.32 Å². The second-order valence-corrected chi connectivity index (χ2v) is 7.34. The van der Waals surface area contributed by atoms with E-state index in [1.807, 2.05) is 6.07 Å². The lowest BCUT2D eigenvalue weighted by atomic mass is 10.1. The van der Waals surface area contributed by atoms with Crippen molar-refractivity contribution in [3.63, 3.8) is 0 Å². The molecule has 0 spiro atoms. The van der Waals surface area contributed by atoms with Crippen molar-refractivity contribution in [3.05, 3.63) is 98.8 Å². The van der Waals surface area contributed by atoms with Gasteiger partial charge in [0.05, 0.1) is 23.1 Å². The molecular weight excluding hydrogens is 413 g/mol. The molecule has 0 radical (unpaired) electrons. The average Bonchev–Trinajstić information content (AvgIpc) is 2.77. The Hall–Kier alpha value is -4.20. The molecule has 4 rings (SSSR count). The highest BCUT2D eigenvalue weighted by molar-refractivity contribution is 5.96. The SMILES string of the molecule is Cn1c(=O)c(=O)n(C)c2cc(Oc3ccccc3)c(NC(=O)Cc3cccc(F)c3)cc21. The van der Waals surface area contributed by atoms with E-state index >= 15 is 0 Å². The molecule has 1 N–H and O–H groups in total. The van der Waals surface area contributed by atoms with Crippen LogP contribution in [0.2, 0.25) is 0 Å². The highest BCUT2D eigenvalue weighted by Crippen LogP contribution is 2.33. The molecule has 162 valence electrons. The predicted octanol–water partition coefficient (Wildman–Crippen LogP) is 3.35. The van der Waals surface area contributed by atoms with Gasteiger partial charge in [-0.15, -0.1) is 0 Å². The molecule has 0 saturated heterocycles. The maximum Gasteiger partial charge on any atom is 0.316 e. The third-order valence-electron chi connectivity index (χ3n) is 5.09. The zero-order chi connectivity index (χ0) is 22.8. The highest BCUT2D eigenvalue weighted by Gasteiger charge is 2.16.